The minimum atomic E-state index is -4.28. The Kier molecular flexibility index (Phi) is 4.16. The van der Waals surface area contributed by atoms with E-state index < -0.39 is 11.7 Å². The third-order valence-electron chi connectivity index (χ3n) is 3.41. The Bertz CT molecular complexity index is 425. The van der Waals surface area contributed by atoms with Crippen molar-refractivity contribution in [3.8, 4) is 0 Å². The van der Waals surface area contributed by atoms with Gasteiger partial charge in [-0.15, -0.1) is 0 Å². The fourth-order valence-electron chi connectivity index (χ4n) is 2.25. The maximum Gasteiger partial charge on any atom is 0.416 e. The summed E-state index contributed by atoms with van der Waals surface area (Å²) in [6.45, 7) is 3.83. The quantitative estimate of drug-likeness (QED) is 0.911. The summed E-state index contributed by atoms with van der Waals surface area (Å²) in [5.74, 6) is 0. The fraction of sp³-hybridized carbons (Fsp3) is 0.571. The Morgan fingerprint density at radius 3 is 2.79 bits per heavy atom. The van der Waals surface area contributed by atoms with Crippen LogP contribution in [0.3, 0.4) is 0 Å². The van der Waals surface area contributed by atoms with E-state index in [1.165, 1.54) is 12.1 Å². The van der Waals surface area contributed by atoms with E-state index in [1.807, 2.05) is 6.92 Å². The molecule has 0 saturated carbocycles. The number of hydrogen-bond donors (Lipinski definition) is 1. The van der Waals surface area contributed by atoms with Crippen molar-refractivity contribution >= 4 is 0 Å². The molecule has 1 aliphatic heterocycles. The van der Waals surface area contributed by atoms with Crippen LogP contribution in [0.25, 0.3) is 0 Å². The zero-order valence-electron chi connectivity index (χ0n) is 10.9. The highest BCUT2D eigenvalue weighted by Gasteiger charge is 2.31. The molecular weight excluding hydrogens is 255 g/mol. The summed E-state index contributed by atoms with van der Waals surface area (Å²) in [5.41, 5.74) is -0.106. The van der Waals surface area contributed by atoms with E-state index in [2.05, 4.69) is 5.32 Å². The van der Waals surface area contributed by atoms with Gasteiger partial charge < -0.3 is 10.1 Å². The van der Waals surface area contributed by atoms with Crippen molar-refractivity contribution in [2.45, 2.75) is 38.0 Å². The number of nitrogens with one attached hydrogen (secondary N) is 1. The molecule has 1 aromatic rings. The zero-order chi connectivity index (χ0) is 13.9. The number of benzene rings is 1. The minimum absolute atomic E-state index is 0.146. The molecule has 5 heteroatoms. The summed E-state index contributed by atoms with van der Waals surface area (Å²) in [7, 11) is 0. The highest BCUT2D eigenvalue weighted by Crippen LogP contribution is 2.29. The van der Waals surface area contributed by atoms with Crippen molar-refractivity contribution in [2.24, 2.45) is 0 Å². The smallest absolute Gasteiger partial charge is 0.380 e. The zero-order valence-corrected chi connectivity index (χ0v) is 10.9. The normalized spacial score (nSPS) is 24.4. The van der Waals surface area contributed by atoms with Crippen LogP contribution >= 0.6 is 0 Å². The molecule has 1 fully saturated rings. The van der Waals surface area contributed by atoms with Crippen LogP contribution in [-0.2, 0) is 17.5 Å². The van der Waals surface area contributed by atoms with E-state index in [-0.39, 0.29) is 5.54 Å². The highest BCUT2D eigenvalue weighted by molar-refractivity contribution is 5.25. The van der Waals surface area contributed by atoms with Gasteiger partial charge in [-0.2, -0.15) is 13.2 Å². The highest BCUT2D eigenvalue weighted by atomic mass is 19.4. The molecule has 0 aromatic heterocycles. The molecule has 1 heterocycles. The van der Waals surface area contributed by atoms with Crippen molar-refractivity contribution in [3.05, 3.63) is 35.4 Å². The maximum atomic E-state index is 12.6. The molecule has 0 amide bonds. The molecule has 19 heavy (non-hydrogen) atoms. The first-order chi connectivity index (χ1) is 8.89. The molecule has 0 radical (unpaired) electrons. The molecule has 2 rings (SSSR count). The van der Waals surface area contributed by atoms with Crippen molar-refractivity contribution < 1.29 is 17.9 Å². The molecule has 1 unspecified atom stereocenters. The lowest BCUT2D eigenvalue weighted by atomic mass is 9.94. The van der Waals surface area contributed by atoms with E-state index in [9.17, 15) is 13.2 Å². The maximum absolute atomic E-state index is 12.6. The summed E-state index contributed by atoms with van der Waals surface area (Å²) in [6, 6.07) is 5.43. The predicted molar refractivity (Wildman–Crippen MR) is 66.7 cm³/mol. The topological polar surface area (TPSA) is 21.3 Å². The molecule has 0 aliphatic carbocycles. The number of halogens is 3. The summed E-state index contributed by atoms with van der Waals surface area (Å²) < 4.78 is 43.2. The van der Waals surface area contributed by atoms with Gasteiger partial charge in [0.05, 0.1) is 12.2 Å². The summed E-state index contributed by atoms with van der Waals surface area (Å²) in [4.78, 5) is 0. The Morgan fingerprint density at radius 1 is 1.37 bits per heavy atom. The van der Waals surface area contributed by atoms with Crippen LogP contribution in [0.5, 0.6) is 0 Å². The first kappa shape index (κ1) is 14.3. The molecule has 1 saturated heterocycles. The molecule has 2 nitrogen and oxygen atoms in total. The van der Waals surface area contributed by atoms with E-state index in [4.69, 9.17) is 4.74 Å². The second-order valence-electron chi connectivity index (χ2n) is 5.27. The van der Waals surface area contributed by atoms with Crippen molar-refractivity contribution in [3.63, 3.8) is 0 Å². The van der Waals surface area contributed by atoms with Crippen LogP contribution in [0.4, 0.5) is 13.2 Å². The fourth-order valence-corrected chi connectivity index (χ4v) is 2.25. The standard InChI is InChI=1S/C14H18F3NO/c1-13(6-3-7-19-10-13)18-9-11-4-2-5-12(8-11)14(15,16)17/h2,4-5,8,18H,3,6-7,9-10H2,1H3. The van der Waals surface area contributed by atoms with Crippen LogP contribution in [0, 0.1) is 0 Å². The van der Waals surface area contributed by atoms with Gasteiger partial charge in [-0.1, -0.05) is 18.2 Å². The Morgan fingerprint density at radius 2 is 2.16 bits per heavy atom. The third kappa shape index (κ3) is 3.94. The SMILES string of the molecule is CC1(NCc2cccc(C(F)(F)F)c2)CCCOC1. The lowest BCUT2D eigenvalue weighted by Crippen LogP contribution is -2.48. The Hall–Kier alpha value is -1.07. The van der Waals surface area contributed by atoms with Crippen LogP contribution in [0.1, 0.15) is 30.9 Å². The van der Waals surface area contributed by atoms with Gasteiger partial charge in [0.15, 0.2) is 0 Å². The number of alkyl halides is 3. The second kappa shape index (κ2) is 5.51. The van der Waals surface area contributed by atoms with Crippen molar-refractivity contribution in [1.29, 1.82) is 0 Å². The lowest BCUT2D eigenvalue weighted by Gasteiger charge is -2.34. The van der Waals surface area contributed by atoms with Crippen LogP contribution < -0.4 is 5.32 Å². The second-order valence-corrected chi connectivity index (χ2v) is 5.27. The number of ether oxygens (including phenoxy) is 1. The number of rotatable bonds is 3. The van der Waals surface area contributed by atoms with Crippen molar-refractivity contribution in [1.82, 2.24) is 5.32 Å². The van der Waals surface area contributed by atoms with Gasteiger partial charge in [0.2, 0.25) is 0 Å². The average Bonchev–Trinajstić information content (AvgIpc) is 2.37. The van der Waals surface area contributed by atoms with Crippen LogP contribution in [0.15, 0.2) is 24.3 Å². The first-order valence-electron chi connectivity index (χ1n) is 6.38. The van der Waals surface area contributed by atoms with Crippen LogP contribution in [-0.4, -0.2) is 18.8 Å². The van der Waals surface area contributed by atoms with Gasteiger partial charge in [0.25, 0.3) is 0 Å². The molecule has 1 aliphatic rings. The van der Waals surface area contributed by atoms with Gasteiger partial charge >= 0.3 is 6.18 Å². The minimum Gasteiger partial charge on any atom is -0.380 e. The van der Waals surface area contributed by atoms with Crippen LogP contribution in [0.2, 0.25) is 0 Å². The predicted octanol–water partition coefficient (Wildman–Crippen LogP) is 3.36. The van der Waals surface area contributed by atoms with E-state index in [0.717, 1.165) is 25.5 Å². The Labute approximate surface area is 111 Å². The lowest BCUT2D eigenvalue weighted by molar-refractivity contribution is -0.137. The molecule has 1 N–H and O–H groups in total. The molecular formula is C14H18F3NO. The van der Waals surface area contributed by atoms with E-state index in [1.54, 1.807) is 6.07 Å². The molecule has 1 atom stereocenters. The van der Waals surface area contributed by atoms with Crippen molar-refractivity contribution in [2.75, 3.05) is 13.2 Å². The Balaban J connectivity index is 1.99. The molecule has 0 spiro atoms. The first-order valence-corrected chi connectivity index (χ1v) is 6.38. The summed E-state index contributed by atoms with van der Waals surface area (Å²) in [6.07, 6.45) is -2.33. The summed E-state index contributed by atoms with van der Waals surface area (Å²) in [5, 5.41) is 3.30. The van der Waals surface area contributed by atoms with Gasteiger partial charge in [-0.05, 0) is 31.4 Å². The molecule has 106 valence electrons. The van der Waals surface area contributed by atoms with Gasteiger partial charge in [-0.3, -0.25) is 0 Å². The van der Waals surface area contributed by atoms with E-state index in [0.29, 0.717) is 18.7 Å². The van der Waals surface area contributed by atoms with Gasteiger partial charge in [0, 0.05) is 18.7 Å². The van der Waals surface area contributed by atoms with E-state index >= 15 is 0 Å². The summed E-state index contributed by atoms with van der Waals surface area (Å²) >= 11 is 0. The molecule has 1 aromatic carbocycles. The average molecular weight is 273 g/mol. The van der Waals surface area contributed by atoms with Gasteiger partial charge in [-0.25, -0.2) is 0 Å². The van der Waals surface area contributed by atoms with Gasteiger partial charge in [0.1, 0.15) is 0 Å². The molecule has 0 bridgehead atoms. The number of hydrogen-bond acceptors (Lipinski definition) is 2. The largest absolute Gasteiger partial charge is 0.416 e. The third-order valence-corrected chi connectivity index (χ3v) is 3.41. The monoisotopic (exact) mass is 273 g/mol.